The molecule has 0 saturated carbocycles. The van der Waals surface area contributed by atoms with Gasteiger partial charge in [-0.1, -0.05) is 42.1 Å². The van der Waals surface area contributed by atoms with Crippen molar-refractivity contribution in [1.29, 1.82) is 0 Å². The number of aromatic nitrogens is 7. The van der Waals surface area contributed by atoms with Crippen molar-refractivity contribution >= 4 is 11.8 Å². The predicted molar refractivity (Wildman–Crippen MR) is 87.7 cm³/mol. The van der Waals surface area contributed by atoms with Crippen LogP contribution in [0, 0.1) is 0 Å². The molecule has 120 valence electrons. The third kappa shape index (κ3) is 3.93. The molecule has 0 saturated heterocycles. The van der Waals surface area contributed by atoms with Gasteiger partial charge >= 0.3 is 0 Å². The van der Waals surface area contributed by atoms with Crippen LogP contribution in [0.1, 0.15) is 5.69 Å². The Balaban J connectivity index is 1.54. The largest absolute Gasteiger partial charge is 0.310 e. The minimum Gasteiger partial charge on any atom is -0.310 e. The van der Waals surface area contributed by atoms with Crippen LogP contribution in [0.4, 0.5) is 0 Å². The van der Waals surface area contributed by atoms with E-state index < -0.39 is 0 Å². The molecule has 0 amide bonds. The van der Waals surface area contributed by atoms with E-state index >= 15 is 0 Å². The van der Waals surface area contributed by atoms with E-state index in [4.69, 9.17) is 0 Å². The first-order valence-corrected chi connectivity index (χ1v) is 8.24. The number of aryl methyl sites for hydroxylation is 2. The van der Waals surface area contributed by atoms with Gasteiger partial charge in [-0.25, -0.2) is 4.68 Å². The van der Waals surface area contributed by atoms with Gasteiger partial charge in [-0.2, -0.15) is 15.0 Å². The average Bonchev–Trinajstić information content (AvgIpc) is 3.14. The summed E-state index contributed by atoms with van der Waals surface area (Å²) in [5.74, 6) is 0.884. The topological polar surface area (TPSA) is 86.3 Å². The van der Waals surface area contributed by atoms with Crippen LogP contribution >= 0.6 is 11.8 Å². The molecule has 1 N–H and O–H groups in total. The molecule has 2 aromatic heterocycles. The number of tetrazole rings is 1. The number of rotatable bonds is 7. The van der Waals surface area contributed by atoms with Gasteiger partial charge in [0.2, 0.25) is 5.16 Å². The highest BCUT2D eigenvalue weighted by Crippen LogP contribution is 2.19. The first-order valence-electron chi connectivity index (χ1n) is 7.25. The molecule has 0 aliphatic carbocycles. The van der Waals surface area contributed by atoms with E-state index in [0.717, 1.165) is 34.4 Å². The van der Waals surface area contributed by atoms with Gasteiger partial charge in [0, 0.05) is 38.5 Å². The minimum absolute atomic E-state index is 0.676. The van der Waals surface area contributed by atoms with Crippen LogP contribution in [-0.2, 0) is 20.6 Å². The SMILES string of the molecule is Cn1nc(CNCCSc2nnnn2C)c(-c2ccccc2)n1. The lowest BCUT2D eigenvalue weighted by Crippen LogP contribution is -2.17. The Morgan fingerprint density at radius 3 is 2.70 bits per heavy atom. The summed E-state index contributed by atoms with van der Waals surface area (Å²) in [4.78, 5) is 1.61. The molecule has 9 heteroatoms. The lowest BCUT2D eigenvalue weighted by atomic mass is 10.1. The lowest BCUT2D eigenvalue weighted by molar-refractivity contribution is 0.630. The number of hydrogen-bond donors (Lipinski definition) is 1. The lowest BCUT2D eigenvalue weighted by Gasteiger charge is -2.04. The Hall–Kier alpha value is -2.26. The van der Waals surface area contributed by atoms with Crippen LogP contribution in [0.15, 0.2) is 35.5 Å². The maximum atomic E-state index is 4.46. The number of nitrogens with one attached hydrogen (secondary N) is 1. The summed E-state index contributed by atoms with van der Waals surface area (Å²) in [5, 5.41) is 24.5. The van der Waals surface area contributed by atoms with Crippen molar-refractivity contribution in [3.63, 3.8) is 0 Å². The number of benzene rings is 1. The van der Waals surface area contributed by atoms with Crippen LogP contribution in [0.3, 0.4) is 0 Å². The molecule has 0 aliphatic rings. The predicted octanol–water partition coefficient (Wildman–Crippen LogP) is 0.887. The zero-order valence-corrected chi connectivity index (χ0v) is 13.9. The fourth-order valence-corrected chi connectivity index (χ4v) is 2.90. The Kier molecular flexibility index (Phi) is 4.99. The molecular formula is C14H18N8S. The molecule has 0 bridgehead atoms. The number of thioether (sulfide) groups is 1. The molecule has 0 unspecified atom stereocenters. The van der Waals surface area contributed by atoms with Crippen molar-refractivity contribution in [2.75, 3.05) is 12.3 Å². The molecular weight excluding hydrogens is 312 g/mol. The molecule has 0 atom stereocenters. The normalized spacial score (nSPS) is 11.0. The van der Waals surface area contributed by atoms with Gasteiger partial charge < -0.3 is 5.32 Å². The summed E-state index contributed by atoms with van der Waals surface area (Å²) in [5.41, 5.74) is 2.95. The van der Waals surface area contributed by atoms with Crippen LogP contribution in [-0.4, -0.2) is 47.5 Å². The molecule has 3 rings (SSSR count). The molecule has 0 spiro atoms. The van der Waals surface area contributed by atoms with Crippen molar-refractivity contribution in [2.45, 2.75) is 11.7 Å². The fraction of sp³-hybridized carbons (Fsp3) is 0.357. The van der Waals surface area contributed by atoms with E-state index in [-0.39, 0.29) is 0 Å². The minimum atomic E-state index is 0.676. The van der Waals surface area contributed by atoms with Crippen LogP contribution in [0.2, 0.25) is 0 Å². The Morgan fingerprint density at radius 2 is 1.96 bits per heavy atom. The van der Waals surface area contributed by atoms with Crippen LogP contribution in [0.5, 0.6) is 0 Å². The van der Waals surface area contributed by atoms with Crippen molar-refractivity contribution in [2.24, 2.45) is 14.1 Å². The Labute approximate surface area is 138 Å². The fourth-order valence-electron chi connectivity index (χ4n) is 2.15. The van der Waals surface area contributed by atoms with E-state index in [2.05, 4.69) is 31.0 Å². The second-order valence-corrected chi connectivity index (χ2v) is 6.02. The first-order chi connectivity index (χ1) is 11.2. The smallest absolute Gasteiger partial charge is 0.209 e. The molecule has 0 aliphatic heterocycles. The molecule has 8 nitrogen and oxygen atoms in total. The Bertz CT molecular complexity index is 751. The first kappa shape index (κ1) is 15.6. The van der Waals surface area contributed by atoms with Gasteiger partial charge in [0.05, 0.1) is 0 Å². The van der Waals surface area contributed by atoms with Crippen molar-refractivity contribution in [3.05, 3.63) is 36.0 Å². The van der Waals surface area contributed by atoms with Crippen LogP contribution < -0.4 is 5.32 Å². The van der Waals surface area contributed by atoms with E-state index in [1.807, 2.05) is 44.4 Å². The summed E-state index contributed by atoms with van der Waals surface area (Å²) in [6.45, 7) is 1.51. The molecule has 0 fully saturated rings. The van der Waals surface area contributed by atoms with E-state index in [0.29, 0.717) is 6.54 Å². The quantitative estimate of drug-likeness (QED) is 0.508. The zero-order chi connectivity index (χ0) is 16.1. The summed E-state index contributed by atoms with van der Waals surface area (Å²) in [6, 6.07) is 10.1. The maximum Gasteiger partial charge on any atom is 0.209 e. The van der Waals surface area contributed by atoms with E-state index in [9.17, 15) is 0 Å². The van der Waals surface area contributed by atoms with Crippen molar-refractivity contribution in [3.8, 4) is 11.3 Å². The number of hydrogen-bond acceptors (Lipinski definition) is 7. The second kappa shape index (κ2) is 7.34. The number of nitrogens with zero attached hydrogens (tertiary/aromatic N) is 7. The summed E-state index contributed by atoms with van der Waals surface area (Å²) < 4.78 is 1.67. The highest BCUT2D eigenvalue weighted by atomic mass is 32.2. The molecule has 0 radical (unpaired) electrons. The summed E-state index contributed by atoms with van der Waals surface area (Å²) in [7, 11) is 3.67. The second-order valence-electron chi connectivity index (χ2n) is 4.96. The van der Waals surface area contributed by atoms with Gasteiger partial charge in [0.25, 0.3) is 0 Å². The maximum absolute atomic E-state index is 4.46. The third-order valence-corrected chi connectivity index (χ3v) is 4.23. The Morgan fingerprint density at radius 1 is 1.13 bits per heavy atom. The van der Waals surface area contributed by atoms with Gasteiger partial charge in [-0.05, 0) is 10.4 Å². The highest BCUT2D eigenvalue weighted by molar-refractivity contribution is 7.99. The zero-order valence-electron chi connectivity index (χ0n) is 13.0. The standard InChI is InChI=1S/C14H18N8S/c1-21-14(16-19-20-21)23-9-8-15-10-12-13(18-22(2)17-12)11-6-4-3-5-7-11/h3-7,15H,8-10H2,1-2H3. The highest BCUT2D eigenvalue weighted by Gasteiger charge is 2.11. The summed E-state index contributed by atoms with van der Waals surface area (Å²) >= 11 is 1.62. The molecule has 23 heavy (non-hydrogen) atoms. The van der Waals surface area contributed by atoms with Gasteiger partial charge in [0.15, 0.2) is 0 Å². The van der Waals surface area contributed by atoms with Crippen molar-refractivity contribution in [1.82, 2.24) is 40.5 Å². The van der Waals surface area contributed by atoms with Crippen LogP contribution in [0.25, 0.3) is 11.3 Å². The summed E-state index contributed by atoms with van der Waals surface area (Å²) in [6.07, 6.45) is 0. The van der Waals surface area contributed by atoms with Gasteiger partial charge in [0.1, 0.15) is 11.4 Å². The monoisotopic (exact) mass is 330 g/mol. The van der Waals surface area contributed by atoms with E-state index in [1.165, 1.54) is 0 Å². The molecule has 3 aromatic rings. The third-order valence-electron chi connectivity index (χ3n) is 3.21. The van der Waals surface area contributed by atoms with Crippen molar-refractivity contribution < 1.29 is 0 Å². The van der Waals surface area contributed by atoms with Gasteiger partial charge in [-0.3, -0.25) is 0 Å². The molecule has 1 aromatic carbocycles. The van der Waals surface area contributed by atoms with Gasteiger partial charge in [-0.15, -0.1) is 5.10 Å². The molecule has 2 heterocycles. The average molecular weight is 330 g/mol. The van der Waals surface area contributed by atoms with E-state index in [1.54, 1.807) is 21.2 Å².